The van der Waals surface area contributed by atoms with Crippen LogP contribution >= 0.6 is 0 Å². The number of hydrogen-bond donors (Lipinski definition) is 0. The Labute approximate surface area is 141 Å². The molecule has 0 radical (unpaired) electrons. The predicted octanol–water partition coefficient (Wildman–Crippen LogP) is 2.48. The molecule has 2 aliphatic rings. The maximum Gasteiger partial charge on any atom is 0.277 e. The summed E-state index contributed by atoms with van der Waals surface area (Å²) in [5, 5.41) is 0. The Bertz CT molecular complexity index is 781. The number of carbonyl (C=O) groups is 1. The number of pyridine rings is 1. The number of aromatic nitrogens is 2. The number of nitrogens with zero attached hydrogens (tertiary/aromatic N) is 4. The van der Waals surface area contributed by atoms with E-state index in [1.165, 1.54) is 23.7 Å². The summed E-state index contributed by atoms with van der Waals surface area (Å²) in [6.45, 7) is 6.64. The number of amides is 1. The van der Waals surface area contributed by atoms with Crippen LogP contribution in [-0.4, -0.2) is 56.8 Å². The minimum absolute atomic E-state index is 0.0641. The molecule has 0 saturated carbocycles. The molecule has 0 N–H and O–H groups in total. The second-order valence-electron chi connectivity index (χ2n) is 7.13. The Hall–Kier alpha value is -1.95. The van der Waals surface area contributed by atoms with E-state index in [2.05, 4.69) is 16.8 Å². The van der Waals surface area contributed by atoms with Gasteiger partial charge in [-0.1, -0.05) is 6.42 Å². The summed E-state index contributed by atoms with van der Waals surface area (Å²) >= 11 is 0. The molecule has 2 aromatic rings. The molecule has 2 fully saturated rings. The summed E-state index contributed by atoms with van der Waals surface area (Å²) in [6.07, 6.45) is 5.37. The summed E-state index contributed by atoms with van der Waals surface area (Å²) in [5.41, 5.74) is 1.41. The van der Waals surface area contributed by atoms with Gasteiger partial charge in [0.05, 0.1) is 0 Å². The van der Waals surface area contributed by atoms with Crippen LogP contribution in [0.15, 0.2) is 18.3 Å². The van der Waals surface area contributed by atoms with Crippen LogP contribution in [0, 0.1) is 12.9 Å². The van der Waals surface area contributed by atoms with Crippen LogP contribution < -0.4 is 0 Å². The number of halogens is 1. The highest BCUT2D eigenvalue weighted by atomic mass is 19.1. The lowest BCUT2D eigenvalue weighted by atomic mass is 9.97. The third kappa shape index (κ3) is 2.49. The Morgan fingerprint density at radius 3 is 2.88 bits per heavy atom. The molecule has 5 nitrogen and oxygen atoms in total. The van der Waals surface area contributed by atoms with E-state index in [4.69, 9.17) is 0 Å². The SMILES string of the molecule is Cc1ccn2c(F)c(C(=O)N3CC(N4CCCCC4C)C3)nc2c1. The van der Waals surface area contributed by atoms with Gasteiger partial charge in [0.1, 0.15) is 5.65 Å². The first kappa shape index (κ1) is 15.6. The lowest BCUT2D eigenvalue weighted by Crippen LogP contribution is -2.63. The standard InChI is InChI=1S/C18H23FN4O/c1-12-6-8-23-15(9-12)20-16(17(23)19)18(24)21-10-14(11-21)22-7-4-3-5-13(22)2/h6,8-9,13-14H,3-5,7,10-11H2,1-2H3. The third-order valence-corrected chi connectivity index (χ3v) is 5.40. The average molecular weight is 330 g/mol. The minimum Gasteiger partial charge on any atom is -0.334 e. The molecule has 1 atom stereocenters. The normalized spacial score (nSPS) is 22.8. The molecule has 2 aromatic heterocycles. The Kier molecular flexibility index (Phi) is 3.79. The summed E-state index contributed by atoms with van der Waals surface area (Å²) in [5.74, 6) is -0.862. The fourth-order valence-corrected chi connectivity index (χ4v) is 3.90. The van der Waals surface area contributed by atoms with Gasteiger partial charge < -0.3 is 4.90 Å². The van der Waals surface area contributed by atoms with Gasteiger partial charge in [-0.3, -0.25) is 14.1 Å². The van der Waals surface area contributed by atoms with Crippen molar-refractivity contribution in [3.05, 3.63) is 35.5 Å². The van der Waals surface area contributed by atoms with Gasteiger partial charge in [0.2, 0.25) is 5.95 Å². The van der Waals surface area contributed by atoms with Crippen molar-refractivity contribution in [3.63, 3.8) is 0 Å². The summed E-state index contributed by atoms with van der Waals surface area (Å²) < 4.78 is 15.8. The molecule has 0 aliphatic carbocycles. The van der Waals surface area contributed by atoms with Crippen molar-refractivity contribution in [2.24, 2.45) is 0 Å². The molecule has 128 valence electrons. The van der Waals surface area contributed by atoms with Crippen LogP contribution in [0.3, 0.4) is 0 Å². The van der Waals surface area contributed by atoms with Crippen molar-refractivity contribution >= 4 is 11.6 Å². The lowest BCUT2D eigenvalue weighted by molar-refractivity contribution is 0.00157. The molecule has 4 rings (SSSR count). The number of likely N-dealkylation sites (tertiary alicyclic amines) is 2. The van der Waals surface area contributed by atoms with E-state index in [9.17, 15) is 9.18 Å². The Balaban J connectivity index is 1.49. The van der Waals surface area contributed by atoms with Crippen molar-refractivity contribution in [2.75, 3.05) is 19.6 Å². The van der Waals surface area contributed by atoms with Gasteiger partial charge in [0.25, 0.3) is 5.91 Å². The van der Waals surface area contributed by atoms with Crippen molar-refractivity contribution in [3.8, 4) is 0 Å². The van der Waals surface area contributed by atoms with E-state index >= 15 is 0 Å². The molecule has 2 aliphatic heterocycles. The summed E-state index contributed by atoms with van der Waals surface area (Å²) in [6, 6.07) is 4.58. The zero-order valence-electron chi connectivity index (χ0n) is 14.2. The highest BCUT2D eigenvalue weighted by molar-refractivity contribution is 5.93. The number of rotatable bonds is 2. The van der Waals surface area contributed by atoms with Crippen molar-refractivity contribution in [1.29, 1.82) is 0 Å². The molecule has 4 heterocycles. The van der Waals surface area contributed by atoms with Crippen LogP contribution in [0.1, 0.15) is 42.2 Å². The van der Waals surface area contributed by atoms with Gasteiger partial charge in [-0.05, 0) is 50.9 Å². The van der Waals surface area contributed by atoms with Gasteiger partial charge in [0.15, 0.2) is 5.69 Å². The maximum atomic E-state index is 14.5. The molecule has 2 saturated heterocycles. The van der Waals surface area contributed by atoms with Crippen LogP contribution in [0.2, 0.25) is 0 Å². The highest BCUT2D eigenvalue weighted by Gasteiger charge is 2.39. The highest BCUT2D eigenvalue weighted by Crippen LogP contribution is 2.26. The largest absolute Gasteiger partial charge is 0.334 e. The van der Waals surface area contributed by atoms with Gasteiger partial charge in [-0.15, -0.1) is 0 Å². The van der Waals surface area contributed by atoms with Crippen LogP contribution in [-0.2, 0) is 0 Å². The van der Waals surface area contributed by atoms with Crippen molar-refractivity contribution in [1.82, 2.24) is 19.2 Å². The quantitative estimate of drug-likeness (QED) is 0.849. The second kappa shape index (κ2) is 5.84. The molecule has 24 heavy (non-hydrogen) atoms. The van der Waals surface area contributed by atoms with E-state index in [1.807, 2.05) is 13.0 Å². The molecule has 0 bridgehead atoms. The van der Waals surface area contributed by atoms with Crippen molar-refractivity contribution in [2.45, 2.75) is 45.2 Å². The van der Waals surface area contributed by atoms with Gasteiger partial charge >= 0.3 is 0 Å². The van der Waals surface area contributed by atoms with Crippen LogP contribution in [0.4, 0.5) is 4.39 Å². The van der Waals surface area contributed by atoms with Crippen molar-refractivity contribution < 1.29 is 9.18 Å². The van der Waals surface area contributed by atoms with E-state index in [0.29, 0.717) is 30.8 Å². The van der Waals surface area contributed by atoms with E-state index in [0.717, 1.165) is 12.1 Å². The lowest BCUT2D eigenvalue weighted by Gasteiger charge is -2.49. The second-order valence-corrected chi connectivity index (χ2v) is 7.13. The molecule has 6 heteroatoms. The predicted molar refractivity (Wildman–Crippen MR) is 89.6 cm³/mol. The number of piperidine rings is 1. The fraction of sp³-hybridized carbons (Fsp3) is 0.556. The molecule has 0 aromatic carbocycles. The molecule has 1 amide bonds. The fourth-order valence-electron chi connectivity index (χ4n) is 3.90. The first-order valence-electron chi connectivity index (χ1n) is 8.74. The first-order valence-corrected chi connectivity index (χ1v) is 8.74. The molecular formula is C18H23FN4O. The Morgan fingerprint density at radius 1 is 1.33 bits per heavy atom. The van der Waals surface area contributed by atoms with E-state index in [1.54, 1.807) is 17.2 Å². The molecule has 1 unspecified atom stereocenters. The van der Waals surface area contributed by atoms with Crippen LogP contribution in [0.5, 0.6) is 0 Å². The van der Waals surface area contributed by atoms with Gasteiger partial charge in [-0.25, -0.2) is 4.98 Å². The zero-order chi connectivity index (χ0) is 16.8. The molecular weight excluding hydrogens is 307 g/mol. The monoisotopic (exact) mass is 330 g/mol. The number of hydrogen-bond acceptors (Lipinski definition) is 3. The van der Waals surface area contributed by atoms with Crippen LogP contribution in [0.25, 0.3) is 5.65 Å². The number of carbonyl (C=O) groups excluding carboxylic acids is 1. The van der Waals surface area contributed by atoms with Gasteiger partial charge in [-0.2, -0.15) is 4.39 Å². The topological polar surface area (TPSA) is 40.9 Å². The smallest absolute Gasteiger partial charge is 0.277 e. The van der Waals surface area contributed by atoms with E-state index in [-0.39, 0.29) is 11.6 Å². The average Bonchev–Trinajstić information content (AvgIpc) is 2.84. The summed E-state index contributed by atoms with van der Waals surface area (Å²) in [7, 11) is 0. The Morgan fingerprint density at radius 2 is 2.12 bits per heavy atom. The number of aryl methyl sites for hydroxylation is 1. The first-order chi connectivity index (χ1) is 11.5. The summed E-state index contributed by atoms with van der Waals surface area (Å²) in [4.78, 5) is 21.0. The third-order valence-electron chi connectivity index (χ3n) is 5.40. The zero-order valence-corrected chi connectivity index (χ0v) is 14.2. The van der Waals surface area contributed by atoms with Gasteiger partial charge in [0, 0.05) is 31.4 Å². The minimum atomic E-state index is -0.565. The number of imidazole rings is 1. The molecule has 0 spiro atoms. The van der Waals surface area contributed by atoms with E-state index < -0.39 is 5.95 Å². The maximum absolute atomic E-state index is 14.5. The number of fused-ring (bicyclic) bond motifs is 1.